The molecule has 3 rings (SSSR count). The van der Waals surface area contributed by atoms with Gasteiger partial charge < -0.3 is 11.1 Å². The molecule has 3 N–H and O–H groups in total. The van der Waals surface area contributed by atoms with Crippen molar-refractivity contribution >= 4 is 24.0 Å². The minimum Gasteiger partial charge on any atom is -0.399 e. The van der Waals surface area contributed by atoms with E-state index in [0.717, 1.165) is 12.3 Å². The van der Waals surface area contributed by atoms with E-state index in [1.165, 1.54) is 12.8 Å². The molecule has 1 aromatic carbocycles. The SMILES string of the molecule is CC1(C)C2CCC1(C)C(NC(=O)c1cccc(N)c1)C2.Cl. The van der Waals surface area contributed by atoms with E-state index in [0.29, 0.717) is 16.7 Å². The fraction of sp³-hybridized carbons (Fsp3) is 0.588. The van der Waals surface area contributed by atoms with E-state index in [1.54, 1.807) is 12.1 Å². The second-order valence-corrected chi connectivity index (χ2v) is 7.26. The molecule has 116 valence electrons. The standard InChI is InChI=1S/C17H24N2O.ClH/c1-16(2)12-7-8-17(16,3)14(10-12)19-15(20)11-5-4-6-13(18)9-11;/h4-6,9,12,14H,7-8,10,18H2,1-3H3,(H,19,20);1H. The molecule has 2 saturated carbocycles. The first-order valence-electron chi connectivity index (χ1n) is 7.51. The van der Waals surface area contributed by atoms with Crippen LogP contribution in [-0.4, -0.2) is 11.9 Å². The normalized spacial score (nSPS) is 32.5. The second kappa shape index (κ2) is 5.20. The van der Waals surface area contributed by atoms with E-state index in [1.807, 2.05) is 12.1 Å². The number of hydrogen-bond donors (Lipinski definition) is 2. The summed E-state index contributed by atoms with van der Waals surface area (Å²) < 4.78 is 0. The zero-order valence-corrected chi connectivity index (χ0v) is 13.8. The van der Waals surface area contributed by atoms with Gasteiger partial charge in [-0.2, -0.15) is 0 Å². The van der Waals surface area contributed by atoms with Crippen LogP contribution in [0, 0.1) is 16.7 Å². The summed E-state index contributed by atoms with van der Waals surface area (Å²) in [5.74, 6) is 0.741. The van der Waals surface area contributed by atoms with Crippen LogP contribution in [-0.2, 0) is 0 Å². The number of fused-ring (bicyclic) bond motifs is 2. The van der Waals surface area contributed by atoms with Crippen molar-refractivity contribution in [3.8, 4) is 0 Å². The highest BCUT2D eigenvalue weighted by Crippen LogP contribution is 2.65. The van der Waals surface area contributed by atoms with Crippen LogP contribution in [0.4, 0.5) is 5.69 Å². The lowest BCUT2D eigenvalue weighted by atomic mass is 9.69. The zero-order valence-electron chi connectivity index (χ0n) is 13.0. The molecule has 0 radical (unpaired) electrons. The average Bonchev–Trinajstić information content (AvgIpc) is 2.72. The molecule has 2 aliphatic rings. The van der Waals surface area contributed by atoms with E-state index in [2.05, 4.69) is 26.1 Å². The monoisotopic (exact) mass is 308 g/mol. The molecule has 1 aromatic rings. The smallest absolute Gasteiger partial charge is 0.251 e. The zero-order chi connectivity index (χ0) is 14.5. The molecule has 2 aliphatic carbocycles. The van der Waals surface area contributed by atoms with E-state index in [9.17, 15) is 4.79 Å². The van der Waals surface area contributed by atoms with Gasteiger partial charge in [0, 0.05) is 17.3 Å². The predicted molar refractivity (Wildman–Crippen MR) is 88.6 cm³/mol. The lowest BCUT2D eigenvalue weighted by Gasteiger charge is -2.39. The second-order valence-electron chi connectivity index (χ2n) is 7.26. The van der Waals surface area contributed by atoms with Gasteiger partial charge >= 0.3 is 0 Å². The van der Waals surface area contributed by atoms with Crippen molar-refractivity contribution in [2.75, 3.05) is 5.73 Å². The number of amides is 1. The number of nitrogens with one attached hydrogen (secondary N) is 1. The van der Waals surface area contributed by atoms with Gasteiger partial charge in [-0.1, -0.05) is 26.8 Å². The van der Waals surface area contributed by atoms with Crippen LogP contribution in [0.25, 0.3) is 0 Å². The first-order chi connectivity index (χ1) is 9.34. The molecular weight excluding hydrogens is 284 g/mol. The Labute approximate surface area is 133 Å². The molecule has 4 heteroatoms. The van der Waals surface area contributed by atoms with E-state index in [-0.39, 0.29) is 29.8 Å². The molecule has 0 saturated heterocycles. The Bertz CT molecular complexity index is 557. The number of anilines is 1. The third-order valence-corrected chi connectivity index (χ3v) is 6.25. The Morgan fingerprint density at radius 2 is 2.05 bits per heavy atom. The van der Waals surface area contributed by atoms with Crippen molar-refractivity contribution in [3.05, 3.63) is 29.8 Å². The Morgan fingerprint density at radius 1 is 1.33 bits per heavy atom. The molecule has 3 unspecified atom stereocenters. The predicted octanol–water partition coefficient (Wildman–Crippen LogP) is 3.64. The fourth-order valence-corrected chi connectivity index (χ4v) is 4.34. The van der Waals surface area contributed by atoms with Gasteiger partial charge in [-0.3, -0.25) is 4.79 Å². The Hall–Kier alpha value is -1.22. The number of benzene rings is 1. The minimum absolute atomic E-state index is 0. The highest BCUT2D eigenvalue weighted by atomic mass is 35.5. The molecule has 0 spiro atoms. The van der Waals surface area contributed by atoms with Crippen LogP contribution in [0.3, 0.4) is 0 Å². The molecule has 3 atom stereocenters. The lowest BCUT2D eigenvalue weighted by molar-refractivity contribution is 0.0826. The van der Waals surface area contributed by atoms with Crippen molar-refractivity contribution in [1.29, 1.82) is 0 Å². The van der Waals surface area contributed by atoms with Gasteiger partial charge in [0.25, 0.3) is 5.91 Å². The molecule has 3 nitrogen and oxygen atoms in total. The number of nitrogens with two attached hydrogens (primary N) is 1. The van der Waals surface area contributed by atoms with E-state index >= 15 is 0 Å². The van der Waals surface area contributed by atoms with Gasteiger partial charge in [0.05, 0.1) is 0 Å². The quantitative estimate of drug-likeness (QED) is 0.820. The van der Waals surface area contributed by atoms with Gasteiger partial charge in [-0.15, -0.1) is 12.4 Å². The summed E-state index contributed by atoms with van der Waals surface area (Å²) in [6, 6.07) is 7.49. The van der Waals surface area contributed by atoms with Crippen LogP contribution in [0.5, 0.6) is 0 Å². The van der Waals surface area contributed by atoms with Crippen LogP contribution in [0.1, 0.15) is 50.4 Å². The number of carbonyl (C=O) groups excluding carboxylic acids is 1. The van der Waals surface area contributed by atoms with Gasteiger partial charge in [0.15, 0.2) is 0 Å². The fourth-order valence-electron chi connectivity index (χ4n) is 4.34. The summed E-state index contributed by atoms with van der Waals surface area (Å²) in [7, 11) is 0. The maximum absolute atomic E-state index is 12.4. The van der Waals surface area contributed by atoms with Gasteiger partial charge in [0.2, 0.25) is 0 Å². The summed E-state index contributed by atoms with van der Waals surface area (Å²) in [6.07, 6.45) is 3.62. The summed E-state index contributed by atoms with van der Waals surface area (Å²) in [5.41, 5.74) is 7.59. The lowest BCUT2D eigenvalue weighted by Crippen LogP contribution is -2.46. The molecule has 1 amide bonds. The van der Waals surface area contributed by atoms with Crippen molar-refractivity contribution in [2.45, 2.75) is 46.1 Å². The minimum atomic E-state index is 0. The van der Waals surface area contributed by atoms with Crippen molar-refractivity contribution < 1.29 is 4.79 Å². The number of rotatable bonds is 2. The molecular formula is C17H25ClN2O. The Balaban J connectivity index is 0.00000161. The maximum Gasteiger partial charge on any atom is 0.251 e. The summed E-state index contributed by atoms with van der Waals surface area (Å²) in [5, 5.41) is 3.26. The summed E-state index contributed by atoms with van der Waals surface area (Å²) in [6.45, 7) is 7.05. The number of nitrogen functional groups attached to an aromatic ring is 1. The Kier molecular flexibility index (Phi) is 4.00. The van der Waals surface area contributed by atoms with Gasteiger partial charge in [-0.25, -0.2) is 0 Å². The van der Waals surface area contributed by atoms with Crippen LogP contribution < -0.4 is 11.1 Å². The third kappa shape index (κ3) is 2.32. The first-order valence-corrected chi connectivity index (χ1v) is 7.51. The Morgan fingerprint density at radius 3 is 2.57 bits per heavy atom. The van der Waals surface area contributed by atoms with Crippen molar-refractivity contribution in [2.24, 2.45) is 16.7 Å². The highest BCUT2D eigenvalue weighted by molar-refractivity contribution is 5.95. The largest absolute Gasteiger partial charge is 0.399 e. The van der Waals surface area contributed by atoms with Crippen LogP contribution >= 0.6 is 12.4 Å². The number of carbonyl (C=O) groups is 1. The number of halogens is 1. The highest BCUT2D eigenvalue weighted by Gasteiger charge is 2.61. The molecule has 2 bridgehead atoms. The topological polar surface area (TPSA) is 55.1 Å². The van der Waals surface area contributed by atoms with Crippen LogP contribution in [0.15, 0.2) is 24.3 Å². The molecule has 0 aromatic heterocycles. The summed E-state index contributed by atoms with van der Waals surface area (Å²) in [4.78, 5) is 12.4. The van der Waals surface area contributed by atoms with Gasteiger partial charge in [-0.05, 0) is 54.2 Å². The first kappa shape index (κ1) is 16.2. The molecule has 21 heavy (non-hydrogen) atoms. The van der Waals surface area contributed by atoms with Crippen LogP contribution in [0.2, 0.25) is 0 Å². The van der Waals surface area contributed by atoms with E-state index in [4.69, 9.17) is 5.73 Å². The number of hydrogen-bond acceptors (Lipinski definition) is 2. The molecule has 0 heterocycles. The van der Waals surface area contributed by atoms with E-state index < -0.39 is 0 Å². The van der Waals surface area contributed by atoms with Gasteiger partial charge in [0.1, 0.15) is 0 Å². The maximum atomic E-state index is 12.4. The van der Waals surface area contributed by atoms with Crippen molar-refractivity contribution in [3.63, 3.8) is 0 Å². The third-order valence-electron chi connectivity index (χ3n) is 6.25. The molecule has 2 fully saturated rings. The average molecular weight is 309 g/mol. The molecule has 0 aliphatic heterocycles. The van der Waals surface area contributed by atoms with Crippen molar-refractivity contribution in [1.82, 2.24) is 5.32 Å². The summed E-state index contributed by atoms with van der Waals surface area (Å²) >= 11 is 0.